The molecule has 0 radical (unpaired) electrons. The number of oxazole rings is 1. The first-order valence-electron chi connectivity index (χ1n) is 4.86. The maximum absolute atomic E-state index is 13.1. The summed E-state index contributed by atoms with van der Waals surface area (Å²) in [7, 11) is 0. The first kappa shape index (κ1) is 12.9. The quantitative estimate of drug-likeness (QED) is 0.809. The van der Waals surface area contributed by atoms with Crippen LogP contribution in [0.1, 0.15) is 11.3 Å². The number of hydrogen-bond donors (Lipinski definition) is 1. The molecule has 1 aromatic carbocycles. The summed E-state index contributed by atoms with van der Waals surface area (Å²) >= 11 is 0. The van der Waals surface area contributed by atoms with Crippen LogP contribution >= 0.6 is 0 Å². The Labute approximate surface area is 104 Å². The fourth-order valence-corrected chi connectivity index (χ4v) is 1.41. The van der Waals surface area contributed by atoms with E-state index in [4.69, 9.17) is 15.4 Å². The summed E-state index contributed by atoms with van der Waals surface area (Å²) in [6.07, 6.45) is -4.84. The Kier molecular flexibility index (Phi) is 2.90. The number of aromatic nitrogens is 1. The summed E-state index contributed by atoms with van der Waals surface area (Å²) in [6, 6.07) is 3.85. The van der Waals surface area contributed by atoms with E-state index in [9.17, 15) is 17.6 Å². The summed E-state index contributed by atoms with van der Waals surface area (Å²) in [5, 5.41) is 8.61. The largest absolute Gasteiger partial charge is 0.419 e. The van der Waals surface area contributed by atoms with Gasteiger partial charge in [-0.25, -0.2) is 4.39 Å². The molecule has 19 heavy (non-hydrogen) atoms. The second-order valence-electron chi connectivity index (χ2n) is 3.54. The molecule has 0 bridgehead atoms. The number of nitrogens with two attached hydrogens (primary N) is 1. The number of nitriles is 1. The number of alkyl halides is 3. The van der Waals surface area contributed by atoms with Gasteiger partial charge in [0.05, 0.1) is 5.56 Å². The molecule has 4 nitrogen and oxygen atoms in total. The zero-order valence-corrected chi connectivity index (χ0v) is 9.12. The molecule has 0 amide bonds. The Morgan fingerprint density at radius 3 is 2.53 bits per heavy atom. The molecule has 2 aromatic rings. The highest BCUT2D eigenvalue weighted by Gasteiger charge is 2.34. The Balaban J connectivity index is 2.55. The number of nitrogen functional groups attached to an aromatic ring is 1. The fourth-order valence-electron chi connectivity index (χ4n) is 1.41. The van der Waals surface area contributed by atoms with Crippen LogP contribution in [-0.4, -0.2) is 4.98 Å². The third-order valence-corrected chi connectivity index (χ3v) is 2.28. The molecule has 1 aromatic heterocycles. The normalized spacial score (nSPS) is 11.3. The predicted molar refractivity (Wildman–Crippen MR) is 56.0 cm³/mol. The van der Waals surface area contributed by atoms with Gasteiger partial charge in [-0.2, -0.15) is 23.4 Å². The van der Waals surface area contributed by atoms with E-state index >= 15 is 0 Å². The van der Waals surface area contributed by atoms with Crippen LogP contribution in [-0.2, 0) is 6.18 Å². The summed E-state index contributed by atoms with van der Waals surface area (Å²) in [5.74, 6) is -1.99. The number of benzene rings is 1. The average Bonchev–Trinajstić information content (AvgIpc) is 2.69. The third-order valence-electron chi connectivity index (χ3n) is 2.28. The second kappa shape index (κ2) is 4.28. The van der Waals surface area contributed by atoms with E-state index in [1.807, 2.05) is 0 Å². The van der Waals surface area contributed by atoms with E-state index < -0.39 is 17.6 Å². The molecule has 0 aliphatic carbocycles. The van der Waals surface area contributed by atoms with Gasteiger partial charge in [-0.15, -0.1) is 0 Å². The van der Waals surface area contributed by atoms with Crippen molar-refractivity contribution in [3.63, 3.8) is 0 Å². The van der Waals surface area contributed by atoms with Crippen LogP contribution in [0.25, 0.3) is 11.5 Å². The molecule has 0 fully saturated rings. The minimum atomic E-state index is -4.84. The second-order valence-corrected chi connectivity index (χ2v) is 3.54. The van der Waals surface area contributed by atoms with Gasteiger partial charge in [-0.05, 0) is 18.2 Å². The van der Waals surface area contributed by atoms with Crippen LogP contribution in [0.4, 0.5) is 23.4 Å². The Hall–Kier alpha value is -2.56. The van der Waals surface area contributed by atoms with E-state index in [1.54, 1.807) is 6.07 Å². The lowest BCUT2D eigenvalue weighted by Gasteiger charge is -2.08. The Morgan fingerprint density at radius 2 is 2.00 bits per heavy atom. The number of halogens is 4. The topological polar surface area (TPSA) is 75.8 Å². The molecule has 0 spiro atoms. The van der Waals surface area contributed by atoms with E-state index in [-0.39, 0.29) is 23.0 Å². The van der Waals surface area contributed by atoms with Crippen molar-refractivity contribution in [2.75, 3.05) is 5.73 Å². The van der Waals surface area contributed by atoms with Crippen molar-refractivity contribution in [2.24, 2.45) is 0 Å². The number of anilines is 1. The summed E-state index contributed by atoms with van der Waals surface area (Å²) in [5.41, 5.74) is 3.48. The number of hydrogen-bond acceptors (Lipinski definition) is 4. The highest BCUT2D eigenvalue weighted by Crippen LogP contribution is 2.34. The third kappa shape index (κ3) is 2.35. The molecule has 0 aliphatic heterocycles. The van der Waals surface area contributed by atoms with Crippen molar-refractivity contribution < 1.29 is 22.0 Å². The number of nitrogens with zero attached hydrogens (tertiary/aromatic N) is 2. The summed E-state index contributed by atoms with van der Waals surface area (Å²) in [4.78, 5) is 3.61. The molecule has 8 heteroatoms. The highest BCUT2D eigenvalue weighted by atomic mass is 19.4. The van der Waals surface area contributed by atoms with Gasteiger partial charge < -0.3 is 10.2 Å². The van der Waals surface area contributed by atoms with Crippen molar-refractivity contribution in [1.82, 2.24) is 4.98 Å². The van der Waals surface area contributed by atoms with Crippen LogP contribution in [0.5, 0.6) is 0 Å². The molecular weight excluding hydrogens is 266 g/mol. The van der Waals surface area contributed by atoms with Crippen molar-refractivity contribution in [3.8, 4) is 17.5 Å². The van der Waals surface area contributed by atoms with E-state index in [1.165, 1.54) is 0 Å². The predicted octanol–water partition coefficient (Wildman–Crippen LogP) is 2.95. The molecule has 2 rings (SSSR count). The average molecular weight is 271 g/mol. The molecule has 0 saturated carbocycles. The van der Waals surface area contributed by atoms with Crippen LogP contribution in [0, 0.1) is 17.1 Å². The lowest BCUT2D eigenvalue weighted by Crippen LogP contribution is -2.08. The Morgan fingerprint density at radius 1 is 1.32 bits per heavy atom. The van der Waals surface area contributed by atoms with E-state index in [0.717, 1.165) is 6.07 Å². The van der Waals surface area contributed by atoms with Gasteiger partial charge in [0.1, 0.15) is 11.9 Å². The van der Waals surface area contributed by atoms with Crippen molar-refractivity contribution in [2.45, 2.75) is 6.18 Å². The smallest absolute Gasteiger partial charge is 0.419 e. The van der Waals surface area contributed by atoms with Gasteiger partial charge in [0, 0.05) is 5.56 Å². The fraction of sp³-hybridized carbons (Fsp3) is 0.0909. The van der Waals surface area contributed by atoms with Gasteiger partial charge in [0.15, 0.2) is 0 Å². The molecule has 0 aliphatic rings. The maximum Gasteiger partial charge on any atom is 0.419 e. The standard InChI is InChI=1S/C11H5F4N3O/c12-7-2-1-5(3-6(7)11(13,14)15)10-18-8(4-16)9(17)19-10/h1-3H,17H2. The molecule has 0 saturated heterocycles. The van der Waals surface area contributed by atoms with Crippen LogP contribution < -0.4 is 5.73 Å². The van der Waals surface area contributed by atoms with Gasteiger partial charge >= 0.3 is 6.18 Å². The lowest BCUT2D eigenvalue weighted by molar-refractivity contribution is -0.139. The summed E-state index contributed by atoms with van der Waals surface area (Å²) in [6.45, 7) is 0. The lowest BCUT2D eigenvalue weighted by atomic mass is 10.1. The maximum atomic E-state index is 13.1. The Bertz CT molecular complexity index is 670. The molecule has 2 N–H and O–H groups in total. The first-order valence-corrected chi connectivity index (χ1v) is 4.86. The van der Waals surface area contributed by atoms with Gasteiger partial charge in [0.25, 0.3) is 0 Å². The molecule has 0 atom stereocenters. The zero-order chi connectivity index (χ0) is 14.2. The first-order chi connectivity index (χ1) is 8.82. The van der Waals surface area contributed by atoms with Crippen LogP contribution in [0.15, 0.2) is 22.6 Å². The SMILES string of the molecule is N#Cc1nc(-c2ccc(F)c(C(F)(F)F)c2)oc1N. The van der Waals surface area contributed by atoms with Crippen LogP contribution in [0.3, 0.4) is 0 Å². The van der Waals surface area contributed by atoms with Gasteiger partial charge in [-0.1, -0.05) is 0 Å². The van der Waals surface area contributed by atoms with Crippen LogP contribution in [0.2, 0.25) is 0 Å². The molecule has 1 heterocycles. The minimum absolute atomic E-state index is 0.123. The highest BCUT2D eigenvalue weighted by molar-refractivity contribution is 5.59. The van der Waals surface area contributed by atoms with Gasteiger partial charge in [0.2, 0.25) is 17.5 Å². The summed E-state index contributed by atoms with van der Waals surface area (Å²) < 4.78 is 55.5. The van der Waals surface area contributed by atoms with Crippen molar-refractivity contribution in [3.05, 3.63) is 35.3 Å². The molecule has 0 unspecified atom stereocenters. The molecule has 98 valence electrons. The molecular formula is C11H5F4N3O. The monoisotopic (exact) mass is 271 g/mol. The van der Waals surface area contributed by atoms with E-state index in [0.29, 0.717) is 12.1 Å². The van der Waals surface area contributed by atoms with E-state index in [2.05, 4.69) is 4.98 Å². The van der Waals surface area contributed by atoms with Crippen molar-refractivity contribution in [1.29, 1.82) is 5.26 Å². The van der Waals surface area contributed by atoms with Crippen molar-refractivity contribution >= 4 is 5.88 Å². The van der Waals surface area contributed by atoms with Gasteiger partial charge in [-0.3, -0.25) is 0 Å². The minimum Gasteiger partial charge on any atom is -0.419 e. The number of rotatable bonds is 1. The zero-order valence-electron chi connectivity index (χ0n) is 9.12.